The summed E-state index contributed by atoms with van der Waals surface area (Å²) in [5.74, 6) is -0.261. The topological polar surface area (TPSA) is 29.1 Å². The molecular formula is C19H20FNO. The average molecular weight is 297 g/mol. The highest BCUT2D eigenvalue weighted by Gasteiger charge is 2.45. The van der Waals surface area contributed by atoms with Crippen LogP contribution in [0.1, 0.15) is 36.0 Å². The van der Waals surface area contributed by atoms with E-state index in [1.807, 2.05) is 26.0 Å². The summed E-state index contributed by atoms with van der Waals surface area (Å²) < 4.78 is 13.1. The lowest BCUT2D eigenvalue weighted by atomic mass is 9.64. The number of hydrogen-bond acceptors (Lipinski definition) is 1. The number of carbonyl (C=O) groups is 1. The van der Waals surface area contributed by atoms with Gasteiger partial charge in [0.1, 0.15) is 5.82 Å². The summed E-state index contributed by atoms with van der Waals surface area (Å²) in [5.41, 5.74) is 3.48. The quantitative estimate of drug-likeness (QED) is 0.887. The zero-order chi connectivity index (χ0) is 15.7. The highest BCUT2D eigenvalue weighted by molar-refractivity contribution is 6.00. The zero-order valence-corrected chi connectivity index (χ0v) is 12.9. The van der Waals surface area contributed by atoms with Crippen molar-refractivity contribution in [2.45, 2.75) is 38.5 Å². The maximum Gasteiger partial charge on any atom is 0.235 e. The number of amides is 1. The molecule has 1 aliphatic carbocycles. The summed E-state index contributed by atoms with van der Waals surface area (Å²) >= 11 is 0. The van der Waals surface area contributed by atoms with Crippen molar-refractivity contribution in [1.29, 1.82) is 0 Å². The number of anilines is 1. The van der Waals surface area contributed by atoms with Crippen molar-refractivity contribution >= 4 is 11.6 Å². The average Bonchev–Trinajstić information content (AvgIpc) is 2.38. The van der Waals surface area contributed by atoms with E-state index < -0.39 is 5.41 Å². The number of carbonyl (C=O) groups excluding carboxylic acids is 1. The van der Waals surface area contributed by atoms with Gasteiger partial charge in [-0.3, -0.25) is 4.79 Å². The first-order valence-electron chi connectivity index (χ1n) is 7.65. The lowest BCUT2D eigenvalue weighted by Gasteiger charge is -2.40. The van der Waals surface area contributed by atoms with E-state index in [9.17, 15) is 9.18 Å². The summed E-state index contributed by atoms with van der Waals surface area (Å²) in [4.78, 5) is 12.8. The molecule has 3 rings (SSSR count). The van der Waals surface area contributed by atoms with Crippen LogP contribution >= 0.6 is 0 Å². The standard InChI is InChI=1S/C19H20FNO/c1-13-10-14(2)12-17(11-13)21-18(22)19(8-3-9-19)15-4-6-16(20)7-5-15/h4-7,10-12H,3,8-9H2,1-2H3,(H,21,22). The molecule has 0 radical (unpaired) electrons. The summed E-state index contributed by atoms with van der Waals surface area (Å²) in [5, 5.41) is 3.05. The van der Waals surface area contributed by atoms with Gasteiger partial charge in [0.15, 0.2) is 0 Å². The molecule has 22 heavy (non-hydrogen) atoms. The third-order valence-corrected chi connectivity index (χ3v) is 4.52. The molecule has 0 spiro atoms. The molecule has 2 aromatic carbocycles. The number of halogens is 1. The third-order valence-electron chi connectivity index (χ3n) is 4.52. The first-order chi connectivity index (χ1) is 10.5. The van der Waals surface area contributed by atoms with E-state index >= 15 is 0 Å². The first-order valence-corrected chi connectivity index (χ1v) is 7.65. The Labute approximate surface area is 130 Å². The Bertz CT molecular complexity index is 682. The van der Waals surface area contributed by atoms with Crippen LogP contribution in [0.15, 0.2) is 42.5 Å². The summed E-state index contributed by atoms with van der Waals surface area (Å²) in [6, 6.07) is 12.3. The fourth-order valence-electron chi connectivity index (χ4n) is 3.24. The van der Waals surface area contributed by atoms with Gasteiger partial charge >= 0.3 is 0 Å². The predicted molar refractivity (Wildman–Crippen MR) is 86.5 cm³/mol. The maximum atomic E-state index is 13.1. The molecule has 0 saturated heterocycles. The summed E-state index contributed by atoms with van der Waals surface area (Å²) in [6.07, 6.45) is 2.65. The molecule has 114 valence electrons. The lowest BCUT2D eigenvalue weighted by molar-refractivity contribution is -0.124. The largest absolute Gasteiger partial charge is 0.325 e. The Kier molecular flexibility index (Phi) is 3.73. The van der Waals surface area contributed by atoms with E-state index in [1.54, 1.807) is 12.1 Å². The van der Waals surface area contributed by atoms with Crippen molar-refractivity contribution in [3.05, 3.63) is 65.0 Å². The van der Waals surface area contributed by atoms with Gasteiger partial charge in [-0.05, 0) is 67.6 Å². The van der Waals surface area contributed by atoms with Crippen LogP contribution in [0.2, 0.25) is 0 Å². The molecule has 2 aromatic rings. The molecule has 0 heterocycles. The molecule has 1 saturated carbocycles. The number of nitrogens with one attached hydrogen (secondary N) is 1. The fraction of sp³-hybridized carbons (Fsp3) is 0.316. The minimum absolute atomic E-state index is 0.00959. The Morgan fingerprint density at radius 3 is 2.14 bits per heavy atom. The van der Waals surface area contributed by atoms with Crippen molar-refractivity contribution < 1.29 is 9.18 Å². The van der Waals surface area contributed by atoms with E-state index in [4.69, 9.17) is 0 Å². The SMILES string of the molecule is Cc1cc(C)cc(NC(=O)C2(c3ccc(F)cc3)CCC2)c1. The van der Waals surface area contributed by atoms with Gasteiger partial charge in [-0.25, -0.2) is 4.39 Å². The van der Waals surface area contributed by atoms with E-state index in [0.29, 0.717) is 0 Å². The molecule has 0 aromatic heterocycles. The Hall–Kier alpha value is -2.16. The van der Waals surface area contributed by atoms with Gasteiger partial charge in [-0.2, -0.15) is 0 Å². The first kappa shape index (κ1) is 14.8. The molecule has 2 nitrogen and oxygen atoms in total. The second-order valence-electron chi connectivity index (χ2n) is 6.27. The highest BCUT2D eigenvalue weighted by Crippen LogP contribution is 2.44. The smallest absolute Gasteiger partial charge is 0.235 e. The monoisotopic (exact) mass is 297 g/mol. The Morgan fingerprint density at radius 1 is 1.05 bits per heavy atom. The predicted octanol–water partition coefficient (Wildman–Crippen LogP) is 4.50. The lowest BCUT2D eigenvalue weighted by Crippen LogP contribution is -2.46. The van der Waals surface area contributed by atoms with Crippen LogP contribution in [0, 0.1) is 19.7 Å². The zero-order valence-electron chi connectivity index (χ0n) is 12.9. The van der Waals surface area contributed by atoms with Crippen molar-refractivity contribution in [3.63, 3.8) is 0 Å². The molecule has 3 heteroatoms. The van der Waals surface area contributed by atoms with Gasteiger partial charge in [0.2, 0.25) is 5.91 Å². The number of benzene rings is 2. The molecule has 1 amide bonds. The minimum Gasteiger partial charge on any atom is -0.325 e. The van der Waals surface area contributed by atoms with Gasteiger partial charge in [0, 0.05) is 5.69 Å². The second kappa shape index (κ2) is 5.56. The minimum atomic E-state index is -0.509. The van der Waals surface area contributed by atoms with Crippen molar-refractivity contribution in [3.8, 4) is 0 Å². The molecule has 0 aliphatic heterocycles. The molecule has 1 fully saturated rings. The van der Waals surface area contributed by atoms with Gasteiger partial charge in [0.05, 0.1) is 5.41 Å². The molecule has 0 atom stereocenters. The van der Waals surface area contributed by atoms with Crippen molar-refractivity contribution in [2.75, 3.05) is 5.32 Å². The second-order valence-corrected chi connectivity index (χ2v) is 6.27. The van der Waals surface area contributed by atoms with Crippen LogP contribution in [-0.4, -0.2) is 5.91 Å². The van der Waals surface area contributed by atoms with Gasteiger partial charge in [-0.15, -0.1) is 0 Å². The van der Waals surface area contributed by atoms with E-state index in [2.05, 4.69) is 11.4 Å². The van der Waals surface area contributed by atoms with Gasteiger partial charge < -0.3 is 5.32 Å². The van der Waals surface area contributed by atoms with Crippen LogP contribution < -0.4 is 5.32 Å². The van der Waals surface area contributed by atoms with E-state index in [1.165, 1.54) is 12.1 Å². The molecule has 0 unspecified atom stereocenters. The Balaban J connectivity index is 1.87. The molecule has 1 N–H and O–H groups in total. The van der Waals surface area contributed by atoms with Crippen LogP contribution in [0.25, 0.3) is 0 Å². The Morgan fingerprint density at radius 2 is 1.64 bits per heavy atom. The summed E-state index contributed by atoms with van der Waals surface area (Å²) in [6.45, 7) is 4.03. The van der Waals surface area contributed by atoms with Gasteiger partial charge in [0.25, 0.3) is 0 Å². The van der Waals surface area contributed by atoms with Crippen molar-refractivity contribution in [1.82, 2.24) is 0 Å². The summed E-state index contributed by atoms with van der Waals surface area (Å²) in [7, 11) is 0. The van der Waals surface area contributed by atoms with Crippen LogP contribution in [0.3, 0.4) is 0 Å². The van der Waals surface area contributed by atoms with Crippen molar-refractivity contribution in [2.24, 2.45) is 0 Å². The fourth-order valence-corrected chi connectivity index (χ4v) is 3.24. The van der Waals surface area contributed by atoms with E-state index in [-0.39, 0.29) is 11.7 Å². The van der Waals surface area contributed by atoms with Crippen LogP contribution in [0.5, 0.6) is 0 Å². The van der Waals surface area contributed by atoms with Gasteiger partial charge in [-0.1, -0.05) is 24.6 Å². The molecular weight excluding hydrogens is 277 g/mol. The highest BCUT2D eigenvalue weighted by atomic mass is 19.1. The normalized spacial score (nSPS) is 16.0. The third kappa shape index (κ3) is 2.63. The van der Waals surface area contributed by atoms with E-state index in [0.717, 1.165) is 41.6 Å². The van der Waals surface area contributed by atoms with Crippen LogP contribution in [-0.2, 0) is 10.2 Å². The molecule has 1 aliphatic rings. The maximum absolute atomic E-state index is 13.1. The van der Waals surface area contributed by atoms with Crippen LogP contribution in [0.4, 0.5) is 10.1 Å². The number of rotatable bonds is 3. The molecule has 0 bridgehead atoms. The number of aryl methyl sites for hydroxylation is 2. The number of hydrogen-bond donors (Lipinski definition) is 1.